The van der Waals surface area contributed by atoms with Gasteiger partial charge in [0.15, 0.2) is 0 Å². The number of nitrogens with zero attached hydrogens (tertiary/aromatic N) is 1. The van der Waals surface area contributed by atoms with Crippen LogP contribution in [0.2, 0.25) is 0 Å². The van der Waals surface area contributed by atoms with Gasteiger partial charge in [-0.15, -0.1) is 0 Å². The molecule has 0 fully saturated rings. The Morgan fingerprint density at radius 3 is 2.26 bits per heavy atom. The van der Waals surface area contributed by atoms with Crippen LogP contribution in [-0.4, -0.2) is 56.8 Å². The molecule has 2 N–H and O–H groups in total. The molecule has 1 atom stereocenters. The van der Waals surface area contributed by atoms with E-state index >= 15 is 0 Å². The lowest BCUT2D eigenvalue weighted by Crippen LogP contribution is -2.50. The summed E-state index contributed by atoms with van der Waals surface area (Å²) >= 11 is 0. The monoisotopic (exact) mass is 489 g/mol. The van der Waals surface area contributed by atoms with Crippen LogP contribution < -0.4 is 15.4 Å². The molecule has 2 rings (SSSR count). The lowest BCUT2D eigenvalue weighted by atomic mass is 10.0. The summed E-state index contributed by atoms with van der Waals surface area (Å²) < 4.78 is 32.5. The van der Waals surface area contributed by atoms with Crippen LogP contribution in [0.1, 0.15) is 43.6 Å². The van der Waals surface area contributed by atoms with Gasteiger partial charge < -0.3 is 15.4 Å². The highest BCUT2D eigenvalue weighted by molar-refractivity contribution is 7.89. The number of hydrogen-bond donors (Lipinski definition) is 2. The Morgan fingerprint density at radius 1 is 1.03 bits per heavy atom. The van der Waals surface area contributed by atoms with Gasteiger partial charge in [0, 0.05) is 18.7 Å². The molecule has 1 unspecified atom stereocenters. The Kier molecular flexibility index (Phi) is 10.1. The van der Waals surface area contributed by atoms with Gasteiger partial charge in [0.05, 0.1) is 11.4 Å². The number of sulfonamides is 1. The van der Waals surface area contributed by atoms with Crippen LogP contribution in [0.3, 0.4) is 0 Å². The van der Waals surface area contributed by atoms with Gasteiger partial charge in [-0.05, 0) is 43.2 Å². The van der Waals surface area contributed by atoms with Crippen molar-refractivity contribution in [3.05, 3.63) is 59.7 Å². The highest BCUT2D eigenvalue weighted by Gasteiger charge is 2.26. The lowest BCUT2D eigenvalue weighted by molar-refractivity contribution is -0.124. The summed E-state index contributed by atoms with van der Waals surface area (Å²) in [5.74, 6) is -0.304. The number of nitrogens with one attached hydrogen (secondary N) is 2. The SMILES string of the molecule is CCN(CC)S(=O)(=O)c1cccc(C(=O)NC(C(=O)NCCOc2ccc(C)cc2)C(C)C)c1. The van der Waals surface area contributed by atoms with Gasteiger partial charge in [0.25, 0.3) is 5.91 Å². The van der Waals surface area contributed by atoms with Crippen molar-refractivity contribution in [3.63, 3.8) is 0 Å². The summed E-state index contributed by atoms with van der Waals surface area (Å²) in [6.07, 6.45) is 0. The van der Waals surface area contributed by atoms with E-state index in [0.717, 1.165) is 5.56 Å². The number of carbonyl (C=O) groups excluding carboxylic acids is 2. The zero-order chi connectivity index (χ0) is 25.3. The van der Waals surface area contributed by atoms with Gasteiger partial charge >= 0.3 is 0 Å². The molecule has 0 aliphatic heterocycles. The third-order valence-corrected chi connectivity index (χ3v) is 7.41. The third kappa shape index (κ3) is 7.30. The molecule has 0 aromatic heterocycles. The highest BCUT2D eigenvalue weighted by Crippen LogP contribution is 2.17. The molecule has 0 saturated carbocycles. The molecule has 2 aromatic carbocycles. The number of benzene rings is 2. The maximum atomic E-state index is 12.9. The van der Waals surface area contributed by atoms with E-state index in [0.29, 0.717) is 25.4 Å². The van der Waals surface area contributed by atoms with Crippen LogP contribution >= 0.6 is 0 Å². The molecule has 8 nitrogen and oxygen atoms in total. The van der Waals surface area contributed by atoms with Gasteiger partial charge in [-0.3, -0.25) is 9.59 Å². The van der Waals surface area contributed by atoms with Gasteiger partial charge in [0.1, 0.15) is 18.4 Å². The number of hydrogen-bond acceptors (Lipinski definition) is 5. The van der Waals surface area contributed by atoms with Crippen molar-refractivity contribution in [1.29, 1.82) is 0 Å². The fourth-order valence-electron chi connectivity index (χ4n) is 3.36. The van der Waals surface area contributed by atoms with Gasteiger partial charge in [-0.2, -0.15) is 4.31 Å². The highest BCUT2D eigenvalue weighted by atomic mass is 32.2. The topological polar surface area (TPSA) is 105 Å². The molecule has 0 aliphatic carbocycles. The summed E-state index contributed by atoms with van der Waals surface area (Å²) in [5.41, 5.74) is 1.31. The molecule has 0 heterocycles. The van der Waals surface area contributed by atoms with E-state index in [1.165, 1.54) is 28.6 Å². The van der Waals surface area contributed by atoms with Crippen molar-refractivity contribution in [1.82, 2.24) is 14.9 Å². The first kappa shape index (κ1) is 27.3. The standard InChI is InChI=1S/C25H35N3O5S/c1-6-28(7-2)34(31,32)22-10-8-9-20(17-22)24(29)27-23(18(3)4)25(30)26-15-16-33-21-13-11-19(5)12-14-21/h8-14,17-18,23H,6-7,15-16H2,1-5H3,(H,26,30)(H,27,29). The first-order valence-corrected chi connectivity index (χ1v) is 12.9. The van der Waals surface area contributed by atoms with Crippen molar-refractivity contribution in [2.45, 2.75) is 45.6 Å². The third-order valence-electron chi connectivity index (χ3n) is 5.37. The van der Waals surface area contributed by atoms with E-state index in [1.54, 1.807) is 13.8 Å². The minimum absolute atomic E-state index is 0.0441. The van der Waals surface area contributed by atoms with Crippen molar-refractivity contribution < 1.29 is 22.7 Å². The molecule has 0 radical (unpaired) electrons. The Balaban J connectivity index is 2.01. The summed E-state index contributed by atoms with van der Waals surface area (Å²) in [5, 5.41) is 5.52. The Labute approximate surface area is 202 Å². The van der Waals surface area contributed by atoms with E-state index in [1.807, 2.05) is 45.0 Å². The number of carbonyl (C=O) groups is 2. The second-order valence-corrected chi connectivity index (χ2v) is 10.2. The van der Waals surface area contributed by atoms with E-state index in [2.05, 4.69) is 10.6 Å². The van der Waals surface area contributed by atoms with Crippen LogP contribution in [0, 0.1) is 12.8 Å². The Hall–Kier alpha value is -2.91. The van der Waals surface area contributed by atoms with Crippen molar-refractivity contribution in [2.24, 2.45) is 5.92 Å². The summed E-state index contributed by atoms with van der Waals surface area (Å²) in [6.45, 7) is 10.4. The van der Waals surface area contributed by atoms with Gasteiger partial charge in [0.2, 0.25) is 15.9 Å². The fraction of sp³-hybridized carbons (Fsp3) is 0.440. The Morgan fingerprint density at radius 2 is 1.68 bits per heavy atom. The molecule has 0 bridgehead atoms. The summed E-state index contributed by atoms with van der Waals surface area (Å²) in [6, 6.07) is 12.7. The molecule has 0 saturated heterocycles. The number of rotatable bonds is 12. The Bertz CT molecular complexity index is 1060. The average Bonchev–Trinajstić information content (AvgIpc) is 2.81. The van der Waals surface area contributed by atoms with Crippen molar-refractivity contribution >= 4 is 21.8 Å². The smallest absolute Gasteiger partial charge is 0.251 e. The number of aryl methyl sites for hydroxylation is 1. The lowest BCUT2D eigenvalue weighted by Gasteiger charge is -2.22. The molecule has 0 aliphatic rings. The quantitative estimate of drug-likeness (QED) is 0.446. The normalized spacial score (nSPS) is 12.4. The molecular weight excluding hydrogens is 454 g/mol. The minimum Gasteiger partial charge on any atom is -0.492 e. The number of amides is 2. The van der Waals surface area contributed by atoms with Crippen LogP contribution in [0.25, 0.3) is 0 Å². The van der Waals surface area contributed by atoms with E-state index < -0.39 is 22.0 Å². The second kappa shape index (κ2) is 12.5. The largest absolute Gasteiger partial charge is 0.492 e. The van der Waals surface area contributed by atoms with Gasteiger partial charge in [-0.25, -0.2) is 8.42 Å². The van der Waals surface area contributed by atoms with E-state index in [4.69, 9.17) is 4.74 Å². The number of ether oxygens (including phenoxy) is 1. The first-order chi connectivity index (χ1) is 16.1. The molecule has 9 heteroatoms. The van der Waals surface area contributed by atoms with Crippen LogP contribution in [0.4, 0.5) is 0 Å². The maximum Gasteiger partial charge on any atom is 0.251 e. The maximum absolute atomic E-state index is 12.9. The molecule has 0 spiro atoms. The van der Waals surface area contributed by atoms with E-state index in [-0.39, 0.29) is 28.8 Å². The molecule has 2 aromatic rings. The van der Waals surface area contributed by atoms with Crippen LogP contribution in [-0.2, 0) is 14.8 Å². The summed E-state index contributed by atoms with van der Waals surface area (Å²) in [7, 11) is -3.70. The molecule has 186 valence electrons. The zero-order valence-electron chi connectivity index (χ0n) is 20.5. The van der Waals surface area contributed by atoms with Gasteiger partial charge in [-0.1, -0.05) is 51.5 Å². The molecule has 34 heavy (non-hydrogen) atoms. The van der Waals surface area contributed by atoms with Crippen molar-refractivity contribution in [2.75, 3.05) is 26.2 Å². The fourth-order valence-corrected chi connectivity index (χ4v) is 4.86. The molecular formula is C25H35N3O5S. The van der Waals surface area contributed by atoms with Crippen LogP contribution in [0.15, 0.2) is 53.4 Å². The molecule has 2 amide bonds. The van der Waals surface area contributed by atoms with Crippen molar-refractivity contribution in [3.8, 4) is 5.75 Å². The van der Waals surface area contributed by atoms with E-state index in [9.17, 15) is 18.0 Å². The predicted molar refractivity (Wildman–Crippen MR) is 132 cm³/mol. The summed E-state index contributed by atoms with van der Waals surface area (Å²) in [4.78, 5) is 25.6. The second-order valence-electron chi connectivity index (χ2n) is 8.26. The average molecular weight is 490 g/mol. The minimum atomic E-state index is -3.70. The van der Waals surface area contributed by atoms with Crippen LogP contribution in [0.5, 0.6) is 5.75 Å². The predicted octanol–water partition coefficient (Wildman–Crippen LogP) is 2.98. The zero-order valence-corrected chi connectivity index (χ0v) is 21.3. The first-order valence-electron chi connectivity index (χ1n) is 11.5.